The number of benzene rings is 1. The number of hydrogen-bond donors (Lipinski definition) is 0. The van der Waals surface area contributed by atoms with E-state index in [0.29, 0.717) is 6.61 Å². The number of ether oxygens (including phenoxy) is 2. The summed E-state index contributed by atoms with van der Waals surface area (Å²) in [4.78, 5) is 0. The minimum Gasteiger partial charge on any atom is -0.501 e. The van der Waals surface area contributed by atoms with Crippen molar-refractivity contribution in [2.45, 2.75) is 31.8 Å². The molecule has 1 aromatic carbocycles. The number of rotatable bonds is 6. The first kappa shape index (κ1) is 12.2. The molecule has 2 rings (SSSR count). The summed E-state index contributed by atoms with van der Waals surface area (Å²) in [6.45, 7) is 3.67. The largest absolute Gasteiger partial charge is 0.501 e. The molecule has 1 aliphatic rings. The molecule has 0 saturated carbocycles. The van der Waals surface area contributed by atoms with Gasteiger partial charge in [-0.3, -0.25) is 0 Å². The van der Waals surface area contributed by atoms with Crippen LogP contribution in [0.15, 0.2) is 42.7 Å². The lowest BCUT2D eigenvalue weighted by Crippen LogP contribution is -2.41. The van der Waals surface area contributed by atoms with Crippen molar-refractivity contribution in [2.24, 2.45) is 0 Å². The van der Waals surface area contributed by atoms with Crippen LogP contribution < -0.4 is 0 Å². The molecule has 1 aromatic rings. The second kappa shape index (κ2) is 5.87. The lowest BCUT2D eigenvalue weighted by Gasteiger charge is -2.42. The highest BCUT2D eigenvalue weighted by molar-refractivity contribution is 5.24. The summed E-state index contributed by atoms with van der Waals surface area (Å²) in [5.74, 6) is 0. The molecule has 92 valence electrons. The zero-order chi connectivity index (χ0) is 12.0. The van der Waals surface area contributed by atoms with Gasteiger partial charge in [0.25, 0.3) is 0 Å². The quantitative estimate of drug-likeness (QED) is 0.551. The van der Waals surface area contributed by atoms with Crippen molar-refractivity contribution in [1.82, 2.24) is 0 Å². The first-order valence-electron chi connectivity index (χ1n) is 6.33. The van der Waals surface area contributed by atoms with E-state index in [2.05, 4.69) is 31.2 Å². The molecule has 0 N–H and O–H groups in total. The molecular weight excluding hydrogens is 212 g/mol. The van der Waals surface area contributed by atoms with Crippen LogP contribution in [0.2, 0.25) is 0 Å². The lowest BCUT2D eigenvalue weighted by atomic mass is 9.84. The molecule has 1 atom stereocenters. The summed E-state index contributed by atoms with van der Waals surface area (Å²) in [5.41, 5.74) is 1.18. The normalized spacial score (nSPS) is 23.6. The van der Waals surface area contributed by atoms with Gasteiger partial charge in [0.2, 0.25) is 0 Å². The average Bonchev–Trinajstić information content (AvgIpc) is 2.33. The summed E-state index contributed by atoms with van der Waals surface area (Å²) in [7, 11) is 0. The molecule has 2 heteroatoms. The summed E-state index contributed by atoms with van der Waals surface area (Å²) in [5, 5.41) is 0. The SMILES string of the molecule is CCC=COCCC1(c2ccccc2)CCO1. The van der Waals surface area contributed by atoms with E-state index >= 15 is 0 Å². The molecule has 0 amide bonds. The van der Waals surface area contributed by atoms with Crippen LogP contribution in [0.3, 0.4) is 0 Å². The van der Waals surface area contributed by atoms with Crippen molar-refractivity contribution < 1.29 is 9.47 Å². The molecule has 2 nitrogen and oxygen atoms in total. The van der Waals surface area contributed by atoms with Gasteiger partial charge in [-0.05, 0) is 12.0 Å². The molecule has 0 spiro atoms. The second-order valence-corrected chi connectivity index (χ2v) is 4.36. The van der Waals surface area contributed by atoms with Crippen LogP contribution in [0.25, 0.3) is 0 Å². The van der Waals surface area contributed by atoms with Crippen LogP contribution in [0.5, 0.6) is 0 Å². The fourth-order valence-electron chi connectivity index (χ4n) is 2.12. The predicted molar refractivity (Wildman–Crippen MR) is 68.7 cm³/mol. The third kappa shape index (κ3) is 2.89. The summed E-state index contributed by atoms with van der Waals surface area (Å²) >= 11 is 0. The van der Waals surface area contributed by atoms with Crippen LogP contribution in [0.1, 0.15) is 31.7 Å². The van der Waals surface area contributed by atoms with Gasteiger partial charge in [0.15, 0.2) is 0 Å². The van der Waals surface area contributed by atoms with Crippen LogP contribution in [0, 0.1) is 0 Å². The Bertz CT molecular complexity index is 352. The van der Waals surface area contributed by atoms with Gasteiger partial charge >= 0.3 is 0 Å². The van der Waals surface area contributed by atoms with Gasteiger partial charge in [0.1, 0.15) is 0 Å². The minimum atomic E-state index is -0.0959. The van der Waals surface area contributed by atoms with E-state index in [4.69, 9.17) is 9.47 Å². The van der Waals surface area contributed by atoms with Crippen molar-refractivity contribution in [3.8, 4) is 0 Å². The van der Waals surface area contributed by atoms with Crippen molar-refractivity contribution in [1.29, 1.82) is 0 Å². The Balaban J connectivity index is 1.90. The van der Waals surface area contributed by atoms with Crippen LogP contribution in [-0.4, -0.2) is 13.2 Å². The maximum Gasteiger partial charge on any atom is 0.0985 e. The first-order valence-corrected chi connectivity index (χ1v) is 6.33. The minimum absolute atomic E-state index is 0.0959. The third-order valence-corrected chi connectivity index (χ3v) is 3.24. The van der Waals surface area contributed by atoms with E-state index in [-0.39, 0.29) is 5.60 Å². The monoisotopic (exact) mass is 232 g/mol. The first-order chi connectivity index (χ1) is 8.37. The second-order valence-electron chi connectivity index (χ2n) is 4.36. The predicted octanol–water partition coefficient (Wildman–Crippen LogP) is 3.63. The summed E-state index contributed by atoms with van der Waals surface area (Å²) in [6, 6.07) is 10.5. The van der Waals surface area contributed by atoms with Crippen LogP contribution in [0.4, 0.5) is 0 Å². The Hall–Kier alpha value is -1.28. The van der Waals surface area contributed by atoms with Gasteiger partial charge in [-0.25, -0.2) is 0 Å². The zero-order valence-electron chi connectivity index (χ0n) is 10.4. The Morgan fingerprint density at radius 3 is 2.71 bits per heavy atom. The Labute approximate surface area is 103 Å². The van der Waals surface area contributed by atoms with Gasteiger partial charge in [-0.1, -0.05) is 43.3 Å². The number of hydrogen-bond acceptors (Lipinski definition) is 2. The van der Waals surface area contributed by atoms with Gasteiger partial charge in [0, 0.05) is 12.8 Å². The molecule has 0 aliphatic carbocycles. The van der Waals surface area contributed by atoms with Crippen molar-refractivity contribution >= 4 is 0 Å². The highest BCUT2D eigenvalue weighted by atomic mass is 16.5. The molecular formula is C15H20O2. The topological polar surface area (TPSA) is 18.5 Å². The molecule has 1 aliphatic heterocycles. The zero-order valence-corrected chi connectivity index (χ0v) is 10.4. The maximum atomic E-state index is 5.81. The molecule has 1 saturated heterocycles. The smallest absolute Gasteiger partial charge is 0.0985 e. The molecule has 1 unspecified atom stereocenters. The standard InChI is InChI=1S/C15H20O2/c1-2-3-11-16-12-9-15(10-13-17-15)14-7-5-4-6-8-14/h3-8,11H,2,9-10,12-13H2,1H3. The van der Waals surface area contributed by atoms with Gasteiger partial charge in [-0.15, -0.1) is 0 Å². The van der Waals surface area contributed by atoms with E-state index in [1.807, 2.05) is 12.1 Å². The molecule has 0 bridgehead atoms. The third-order valence-electron chi connectivity index (χ3n) is 3.24. The Kier molecular flexibility index (Phi) is 4.21. The van der Waals surface area contributed by atoms with Crippen LogP contribution >= 0.6 is 0 Å². The molecule has 1 fully saturated rings. The highest BCUT2D eigenvalue weighted by Gasteiger charge is 2.39. The van der Waals surface area contributed by atoms with Crippen molar-refractivity contribution in [3.63, 3.8) is 0 Å². The molecule has 17 heavy (non-hydrogen) atoms. The Morgan fingerprint density at radius 2 is 2.12 bits per heavy atom. The van der Waals surface area contributed by atoms with E-state index in [9.17, 15) is 0 Å². The number of allylic oxidation sites excluding steroid dienone is 1. The summed E-state index contributed by atoms with van der Waals surface area (Å²) in [6.07, 6.45) is 6.84. The van der Waals surface area contributed by atoms with Crippen molar-refractivity contribution in [3.05, 3.63) is 48.2 Å². The van der Waals surface area contributed by atoms with E-state index < -0.39 is 0 Å². The van der Waals surface area contributed by atoms with Gasteiger partial charge in [-0.2, -0.15) is 0 Å². The Morgan fingerprint density at radius 1 is 1.35 bits per heavy atom. The highest BCUT2D eigenvalue weighted by Crippen LogP contribution is 2.40. The lowest BCUT2D eigenvalue weighted by molar-refractivity contribution is -0.164. The fourth-order valence-corrected chi connectivity index (χ4v) is 2.12. The molecule has 1 heterocycles. The molecule has 0 radical (unpaired) electrons. The summed E-state index contributed by atoms with van der Waals surface area (Å²) < 4.78 is 11.3. The van der Waals surface area contributed by atoms with Crippen molar-refractivity contribution in [2.75, 3.05) is 13.2 Å². The average molecular weight is 232 g/mol. The van der Waals surface area contributed by atoms with E-state index in [1.54, 1.807) is 6.26 Å². The van der Waals surface area contributed by atoms with Gasteiger partial charge in [0.05, 0.1) is 25.1 Å². The fraction of sp³-hybridized carbons (Fsp3) is 0.467. The maximum absolute atomic E-state index is 5.81. The van der Waals surface area contributed by atoms with E-state index in [0.717, 1.165) is 25.9 Å². The van der Waals surface area contributed by atoms with Crippen LogP contribution in [-0.2, 0) is 15.1 Å². The van der Waals surface area contributed by atoms with E-state index in [1.165, 1.54) is 5.56 Å². The molecule has 0 aromatic heterocycles. The van der Waals surface area contributed by atoms with Gasteiger partial charge < -0.3 is 9.47 Å².